The van der Waals surface area contributed by atoms with E-state index in [-0.39, 0.29) is 5.75 Å². The maximum absolute atomic E-state index is 9.13. The summed E-state index contributed by atoms with van der Waals surface area (Å²) < 4.78 is 9.20. The molecule has 3 heteroatoms. The molecular weight excluding hydrogens is 144 g/mol. The molecule has 0 unspecified atom stereocenters. The molecule has 1 heterocycles. The summed E-state index contributed by atoms with van der Waals surface area (Å²) in [4.78, 5) is 0. The molecule has 0 atom stereocenters. The molecule has 0 aliphatic carbocycles. The summed E-state index contributed by atoms with van der Waals surface area (Å²) >= 11 is 0. The molecular formula is C8H6O3. The molecule has 11 heavy (non-hydrogen) atoms. The second-order valence-corrected chi connectivity index (χ2v) is 2.20. The molecule has 0 saturated heterocycles. The Kier molecular flexibility index (Phi) is 1.06. The Bertz CT molecular complexity index is 394. The predicted octanol–water partition coefficient (Wildman–Crippen LogP) is 2.37. The van der Waals surface area contributed by atoms with Crippen LogP contribution in [0.2, 0.25) is 0 Å². The first-order valence-electron chi connectivity index (χ1n) is 3.16. The minimum atomic E-state index is 0.0943. The van der Waals surface area contributed by atoms with E-state index in [9.17, 15) is 0 Å². The largest absolute Gasteiger partial charge is 0.504 e. The number of phenols is 1. The minimum absolute atomic E-state index is 0.0943. The lowest BCUT2D eigenvalue weighted by Gasteiger charge is -2.02. The van der Waals surface area contributed by atoms with Crippen LogP contribution in [0.25, 0.3) is 17.2 Å². The molecule has 0 fully saturated rings. The van der Waals surface area contributed by atoms with Gasteiger partial charge < -0.3 is 5.11 Å². The van der Waals surface area contributed by atoms with Crippen LogP contribution in [-0.2, 0) is 0 Å². The normalized spacial score (nSPS) is 10.5. The van der Waals surface area contributed by atoms with Crippen LogP contribution in [-0.4, -0.2) is 5.11 Å². The summed E-state index contributed by atoms with van der Waals surface area (Å²) in [5.74, 6) is 0.0943. The third kappa shape index (κ3) is 0.676. The molecule has 1 aromatic heterocycles. The monoisotopic (exact) mass is 150 g/mol. The van der Waals surface area contributed by atoms with Crippen LogP contribution in [0, 0.1) is 0 Å². The quantitative estimate of drug-likeness (QED) is 0.635. The van der Waals surface area contributed by atoms with Crippen LogP contribution in [0.15, 0.2) is 27.9 Å². The third-order valence-corrected chi connectivity index (χ3v) is 1.55. The standard InChI is InChI=1S/C8H6O3/c1-2-5-3-4-6(9)8-7(5)10-11-8/h2-4,9H,1H2. The van der Waals surface area contributed by atoms with Crippen molar-refractivity contribution in [1.29, 1.82) is 0 Å². The molecule has 2 rings (SSSR count). The maximum atomic E-state index is 9.13. The summed E-state index contributed by atoms with van der Waals surface area (Å²) in [6, 6.07) is 3.25. The highest BCUT2D eigenvalue weighted by Gasteiger charge is 2.12. The van der Waals surface area contributed by atoms with Crippen molar-refractivity contribution in [2.45, 2.75) is 0 Å². The van der Waals surface area contributed by atoms with Gasteiger partial charge in [-0.2, -0.15) is 0 Å². The summed E-state index contributed by atoms with van der Waals surface area (Å²) in [5.41, 5.74) is 1.77. The Balaban J connectivity index is 2.79. The van der Waals surface area contributed by atoms with Gasteiger partial charge in [0.1, 0.15) is 0 Å². The van der Waals surface area contributed by atoms with Crippen LogP contribution >= 0.6 is 0 Å². The van der Waals surface area contributed by atoms with Gasteiger partial charge in [-0.15, -0.1) is 0 Å². The third-order valence-electron chi connectivity index (χ3n) is 1.55. The van der Waals surface area contributed by atoms with Crippen molar-refractivity contribution in [3.05, 3.63) is 24.3 Å². The van der Waals surface area contributed by atoms with Gasteiger partial charge in [-0.05, 0) is 12.1 Å². The lowest BCUT2D eigenvalue weighted by Crippen LogP contribution is -1.81. The van der Waals surface area contributed by atoms with E-state index >= 15 is 0 Å². The first-order chi connectivity index (χ1) is 5.33. The molecule has 1 N–H and O–H groups in total. The Morgan fingerprint density at radius 1 is 1.27 bits per heavy atom. The van der Waals surface area contributed by atoms with Gasteiger partial charge in [0.15, 0.2) is 5.75 Å². The van der Waals surface area contributed by atoms with Crippen molar-refractivity contribution in [3.63, 3.8) is 0 Å². The lowest BCUT2D eigenvalue weighted by atomic mass is 10.2. The van der Waals surface area contributed by atoms with E-state index in [4.69, 9.17) is 5.11 Å². The molecule has 1 aromatic carbocycles. The molecule has 0 radical (unpaired) electrons. The SMILES string of the molecule is C=Cc1ccc(O)c2ooc12. The minimum Gasteiger partial charge on any atom is -0.504 e. The topological polar surface area (TPSA) is 46.5 Å². The summed E-state index contributed by atoms with van der Waals surface area (Å²) in [7, 11) is 0. The highest BCUT2D eigenvalue weighted by molar-refractivity contribution is 5.85. The zero-order valence-corrected chi connectivity index (χ0v) is 5.70. The zero-order chi connectivity index (χ0) is 7.84. The summed E-state index contributed by atoms with van der Waals surface area (Å²) in [6.07, 6.45) is 1.64. The number of hydrogen-bond acceptors (Lipinski definition) is 3. The van der Waals surface area contributed by atoms with Crippen molar-refractivity contribution < 1.29 is 14.3 Å². The zero-order valence-electron chi connectivity index (χ0n) is 5.70. The summed E-state index contributed by atoms with van der Waals surface area (Å²) in [5, 5.41) is 9.13. The van der Waals surface area contributed by atoms with Gasteiger partial charge in [0.25, 0.3) is 5.58 Å². The van der Waals surface area contributed by atoms with Crippen LogP contribution in [0.5, 0.6) is 5.75 Å². The average Bonchev–Trinajstić information content (AvgIpc) is 1.93. The first kappa shape index (κ1) is 6.09. The number of benzene rings is 1. The van der Waals surface area contributed by atoms with Gasteiger partial charge in [-0.1, -0.05) is 12.7 Å². The fourth-order valence-corrected chi connectivity index (χ4v) is 0.944. The van der Waals surface area contributed by atoms with Crippen LogP contribution in [0.4, 0.5) is 0 Å². The van der Waals surface area contributed by atoms with E-state index in [1.54, 1.807) is 18.2 Å². The van der Waals surface area contributed by atoms with E-state index in [2.05, 4.69) is 15.7 Å². The van der Waals surface area contributed by atoms with Crippen molar-refractivity contribution in [1.82, 2.24) is 0 Å². The number of rotatable bonds is 1. The fraction of sp³-hybridized carbons (Fsp3) is 0. The van der Waals surface area contributed by atoms with Gasteiger partial charge in [0.2, 0.25) is 5.58 Å². The maximum Gasteiger partial charge on any atom is 0.267 e. The van der Waals surface area contributed by atoms with Crippen LogP contribution in [0.1, 0.15) is 5.56 Å². The summed E-state index contributed by atoms with van der Waals surface area (Å²) in [6.45, 7) is 3.58. The highest BCUT2D eigenvalue weighted by atomic mass is 17.0. The average molecular weight is 150 g/mol. The highest BCUT2D eigenvalue weighted by Crippen LogP contribution is 2.31. The second-order valence-electron chi connectivity index (χ2n) is 2.20. The molecule has 0 aliphatic heterocycles. The molecule has 0 aliphatic rings. The number of hydrogen-bond donors (Lipinski definition) is 1. The second kappa shape index (κ2) is 1.92. The first-order valence-corrected chi connectivity index (χ1v) is 3.16. The van der Waals surface area contributed by atoms with Gasteiger partial charge in [-0.25, -0.2) is 0 Å². The van der Waals surface area contributed by atoms with Crippen molar-refractivity contribution in [2.24, 2.45) is 0 Å². The van der Waals surface area contributed by atoms with E-state index in [1.807, 2.05) is 0 Å². The molecule has 0 spiro atoms. The van der Waals surface area contributed by atoms with E-state index in [0.717, 1.165) is 5.56 Å². The van der Waals surface area contributed by atoms with Gasteiger partial charge >= 0.3 is 0 Å². The van der Waals surface area contributed by atoms with E-state index in [0.29, 0.717) is 11.2 Å². The Labute approximate surface area is 62.5 Å². The van der Waals surface area contributed by atoms with Crippen molar-refractivity contribution in [3.8, 4) is 5.75 Å². The van der Waals surface area contributed by atoms with Gasteiger partial charge in [0.05, 0.1) is 0 Å². The Morgan fingerprint density at radius 2 is 2.00 bits per heavy atom. The smallest absolute Gasteiger partial charge is 0.267 e. The molecule has 2 aromatic rings. The van der Waals surface area contributed by atoms with E-state index < -0.39 is 0 Å². The number of phenolic OH excluding ortho intramolecular Hbond substituents is 1. The van der Waals surface area contributed by atoms with Crippen molar-refractivity contribution >= 4 is 17.2 Å². The van der Waals surface area contributed by atoms with Gasteiger partial charge in [-0.3, -0.25) is 9.15 Å². The Morgan fingerprint density at radius 3 is 2.55 bits per heavy atom. The lowest BCUT2D eigenvalue weighted by molar-refractivity contribution is 0.0564. The molecule has 3 nitrogen and oxygen atoms in total. The molecule has 0 bridgehead atoms. The molecule has 56 valence electrons. The van der Waals surface area contributed by atoms with E-state index in [1.165, 1.54) is 0 Å². The predicted molar refractivity (Wildman–Crippen MR) is 40.2 cm³/mol. The van der Waals surface area contributed by atoms with Crippen LogP contribution < -0.4 is 0 Å². The molecule has 0 saturated carbocycles. The number of aromatic hydroxyl groups is 1. The van der Waals surface area contributed by atoms with Crippen molar-refractivity contribution in [2.75, 3.05) is 0 Å². The molecule has 0 amide bonds. The van der Waals surface area contributed by atoms with Gasteiger partial charge in [0, 0.05) is 5.56 Å². The Hall–Kier alpha value is -1.64. The fourth-order valence-electron chi connectivity index (χ4n) is 0.944. The van der Waals surface area contributed by atoms with Crippen LogP contribution in [0.3, 0.4) is 0 Å². The number of fused-ring (bicyclic) bond motifs is 1.